The van der Waals surface area contributed by atoms with Crippen molar-refractivity contribution in [3.63, 3.8) is 0 Å². The predicted octanol–water partition coefficient (Wildman–Crippen LogP) is 3.82. The number of urea groups is 1. The lowest BCUT2D eigenvalue weighted by Gasteiger charge is -2.28. The van der Waals surface area contributed by atoms with Crippen LogP contribution in [0.25, 0.3) is 0 Å². The molecule has 2 aromatic carbocycles. The standard InChI is InChI=1S/C28H33IN4O8/c1-7-39-27(35)24-16(4)31-28(36)32-25(24)17-8-9-20(21(11-17)37-5)40-14-23(34)33-30-13-18-10-19(29)12-22(38-6)26(18)41-15(2)3/h8-13,15,25H,7,14H2,1-6H3,(H,33,34)(H2,31,32,36)/b30-13+/t25-/m0/s1. The zero-order valence-corrected chi connectivity index (χ0v) is 25.8. The number of halogens is 1. The summed E-state index contributed by atoms with van der Waals surface area (Å²) in [6.45, 7) is 6.96. The Balaban J connectivity index is 1.71. The van der Waals surface area contributed by atoms with Gasteiger partial charge in [0.05, 0.1) is 44.8 Å². The van der Waals surface area contributed by atoms with Gasteiger partial charge in [-0.15, -0.1) is 0 Å². The lowest BCUT2D eigenvalue weighted by molar-refractivity contribution is -0.139. The van der Waals surface area contributed by atoms with Gasteiger partial charge in [-0.3, -0.25) is 4.79 Å². The molecule has 0 spiro atoms. The molecule has 1 heterocycles. The number of amides is 3. The fraction of sp³-hybridized carbons (Fsp3) is 0.357. The summed E-state index contributed by atoms with van der Waals surface area (Å²) < 4.78 is 28.5. The zero-order chi connectivity index (χ0) is 30.1. The molecule has 1 atom stereocenters. The molecule has 1 aliphatic heterocycles. The predicted molar refractivity (Wildman–Crippen MR) is 159 cm³/mol. The van der Waals surface area contributed by atoms with Crippen LogP contribution in [0.2, 0.25) is 0 Å². The number of allylic oxidation sites excluding steroid dienone is 1. The van der Waals surface area contributed by atoms with Crippen LogP contribution in [0.15, 0.2) is 46.7 Å². The second-order valence-corrected chi connectivity index (χ2v) is 10.2. The molecule has 3 N–H and O–H groups in total. The van der Waals surface area contributed by atoms with Crippen LogP contribution in [-0.4, -0.2) is 57.7 Å². The quantitative estimate of drug-likeness (QED) is 0.133. The number of carbonyl (C=O) groups is 3. The molecule has 0 fully saturated rings. The van der Waals surface area contributed by atoms with Gasteiger partial charge in [0.1, 0.15) is 0 Å². The van der Waals surface area contributed by atoms with Crippen LogP contribution in [-0.2, 0) is 14.3 Å². The molecule has 13 heteroatoms. The van der Waals surface area contributed by atoms with E-state index < -0.39 is 23.9 Å². The van der Waals surface area contributed by atoms with Crippen LogP contribution in [0.1, 0.15) is 44.9 Å². The molecular weight excluding hydrogens is 647 g/mol. The lowest BCUT2D eigenvalue weighted by Crippen LogP contribution is -2.45. The van der Waals surface area contributed by atoms with Gasteiger partial charge in [0, 0.05) is 14.8 Å². The first-order valence-corrected chi connectivity index (χ1v) is 13.8. The second-order valence-electron chi connectivity index (χ2n) is 8.98. The number of hydrazone groups is 1. The van der Waals surface area contributed by atoms with Gasteiger partial charge in [-0.05, 0) is 80.1 Å². The third-order valence-corrected chi connectivity index (χ3v) is 6.28. The molecule has 1 aliphatic rings. The van der Waals surface area contributed by atoms with E-state index in [-0.39, 0.29) is 30.6 Å². The van der Waals surface area contributed by atoms with E-state index in [1.54, 1.807) is 39.2 Å². The average molecular weight is 680 g/mol. The SMILES string of the molecule is CCOC(=O)C1=C(C)NC(=O)N[C@H]1c1ccc(OCC(=O)N/N=C/c2cc(I)cc(OC)c2OC(C)C)c(OC)c1. The van der Waals surface area contributed by atoms with Crippen molar-refractivity contribution in [2.24, 2.45) is 5.10 Å². The highest BCUT2D eigenvalue weighted by molar-refractivity contribution is 14.1. The average Bonchev–Trinajstić information content (AvgIpc) is 2.92. The van der Waals surface area contributed by atoms with E-state index in [1.165, 1.54) is 13.3 Å². The summed E-state index contributed by atoms with van der Waals surface area (Å²) in [5.74, 6) is 0.595. The first-order valence-electron chi connectivity index (χ1n) is 12.7. The molecule has 0 bridgehead atoms. The van der Waals surface area contributed by atoms with Crippen molar-refractivity contribution >= 4 is 46.7 Å². The molecule has 0 aromatic heterocycles. The Kier molecular flexibility index (Phi) is 11.2. The summed E-state index contributed by atoms with van der Waals surface area (Å²) in [6, 6.07) is 7.34. The number of methoxy groups -OCH3 is 2. The highest BCUT2D eigenvalue weighted by atomic mass is 127. The van der Waals surface area contributed by atoms with Crippen LogP contribution in [0.5, 0.6) is 23.0 Å². The number of nitrogens with zero attached hydrogens (tertiary/aromatic N) is 1. The van der Waals surface area contributed by atoms with E-state index in [0.29, 0.717) is 34.1 Å². The smallest absolute Gasteiger partial charge is 0.338 e. The van der Waals surface area contributed by atoms with Gasteiger partial charge < -0.3 is 34.3 Å². The van der Waals surface area contributed by atoms with Crippen molar-refractivity contribution in [2.45, 2.75) is 39.8 Å². The monoisotopic (exact) mass is 680 g/mol. The highest BCUT2D eigenvalue weighted by Crippen LogP contribution is 2.35. The molecule has 3 rings (SSSR count). The van der Waals surface area contributed by atoms with Gasteiger partial charge in [-0.1, -0.05) is 6.07 Å². The first kappa shape index (κ1) is 31.5. The molecule has 220 valence electrons. The van der Waals surface area contributed by atoms with E-state index in [9.17, 15) is 14.4 Å². The summed E-state index contributed by atoms with van der Waals surface area (Å²) in [4.78, 5) is 37.2. The Hall–Kier alpha value is -4.01. The van der Waals surface area contributed by atoms with Crippen molar-refractivity contribution in [1.82, 2.24) is 16.1 Å². The lowest BCUT2D eigenvalue weighted by atomic mass is 9.95. The van der Waals surface area contributed by atoms with Gasteiger partial charge in [0.15, 0.2) is 29.6 Å². The Morgan fingerprint density at radius 1 is 1.12 bits per heavy atom. The number of hydrogen-bond acceptors (Lipinski definition) is 9. The molecule has 0 saturated carbocycles. The van der Waals surface area contributed by atoms with E-state index in [1.807, 2.05) is 26.0 Å². The van der Waals surface area contributed by atoms with Crippen LogP contribution in [0, 0.1) is 3.57 Å². The zero-order valence-electron chi connectivity index (χ0n) is 23.6. The van der Waals surface area contributed by atoms with Gasteiger partial charge in [-0.2, -0.15) is 5.10 Å². The van der Waals surface area contributed by atoms with Crippen molar-refractivity contribution < 1.29 is 38.1 Å². The minimum absolute atomic E-state index is 0.0942. The fourth-order valence-electron chi connectivity index (χ4n) is 3.95. The summed E-state index contributed by atoms with van der Waals surface area (Å²) in [5, 5.41) is 9.36. The second kappa shape index (κ2) is 14.6. The number of carbonyl (C=O) groups excluding carboxylic acids is 3. The minimum Gasteiger partial charge on any atom is -0.493 e. The normalized spacial score (nSPS) is 14.8. The van der Waals surface area contributed by atoms with Gasteiger partial charge >= 0.3 is 12.0 Å². The molecule has 0 aliphatic carbocycles. The molecule has 2 aromatic rings. The highest BCUT2D eigenvalue weighted by Gasteiger charge is 2.32. The number of hydrogen-bond donors (Lipinski definition) is 3. The molecule has 0 radical (unpaired) electrons. The van der Waals surface area contributed by atoms with E-state index in [2.05, 4.69) is 43.8 Å². The van der Waals surface area contributed by atoms with Crippen molar-refractivity contribution in [2.75, 3.05) is 27.4 Å². The maximum atomic E-state index is 12.6. The topological polar surface area (TPSA) is 146 Å². The molecule has 0 unspecified atom stereocenters. The summed E-state index contributed by atoms with van der Waals surface area (Å²) in [7, 11) is 3.00. The molecular formula is C28H33IN4O8. The van der Waals surface area contributed by atoms with Crippen molar-refractivity contribution in [1.29, 1.82) is 0 Å². The van der Waals surface area contributed by atoms with Crippen LogP contribution in [0.4, 0.5) is 4.79 Å². The Labute approximate surface area is 251 Å². The van der Waals surface area contributed by atoms with Gasteiger partial charge in [0.2, 0.25) is 0 Å². The van der Waals surface area contributed by atoms with E-state index in [0.717, 1.165) is 3.57 Å². The summed E-state index contributed by atoms with van der Waals surface area (Å²) >= 11 is 2.16. The molecule has 3 amide bonds. The van der Waals surface area contributed by atoms with Gasteiger partial charge in [-0.25, -0.2) is 15.0 Å². The van der Waals surface area contributed by atoms with Crippen molar-refractivity contribution in [3.05, 3.63) is 56.3 Å². The molecule has 41 heavy (non-hydrogen) atoms. The number of ether oxygens (including phenoxy) is 5. The third-order valence-electron chi connectivity index (χ3n) is 5.66. The van der Waals surface area contributed by atoms with E-state index in [4.69, 9.17) is 23.7 Å². The molecule has 0 saturated heterocycles. The van der Waals surface area contributed by atoms with Crippen LogP contribution < -0.4 is 35.0 Å². The largest absolute Gasteiger partial charge is 0.493 e. The third kappa shape index (κ3) is 8.25. The number of esters is 1. The Morgan fingerprint density at radius 2 is 1.85 bits per heavy atom. The number of benzene rings is 2. The molecule has 12 nitrogen and oxygen atoms in total. The minimum atomic E-state index is -0.771. The first-order chi connectivity index (χ1) is 19.6. The number of nitrogens with one attached hydrogen (secondary N) is 3. The van der Waals surface area contributed by atoms with E-state index >= 15 is 0 Å². The maximum Gasteiger partial charge on any atom is 0.338 e. The Morgan fingerprint density at radius 3 is 2.51 bits per heavy atom. The Bertz CT molecular complexity index is 1360. The maximum absolute atomic E-state index is 12.6. The van der Waals surface area contributed by atoms with Gasteiger partial charge in [0.25, 0.3) is 5.91 Å². The summed E-state index contributed by atoms with van der Waals surface area (Å²) in [5.41, 5.74) is 4.29. The summed E-state index contributed by atoms with van der Waals surface area (Å²) in [6.07, 6.45) is 1.38. The van der Waals surface area contributed by atoms with Crippen LogP contribution >= 0.6 is 22.6 Å². The van der Waals surface area contributed by atoms with Crippen LogP contribution in [0.3, 0.4) is 0 Å². The van der Waals surface area contributed by atoms with Crippen molar-refractivity contribution in [3.8, 4) is 23.0 Å². The fourth-order valence-corrected chi connectivity index (χ4v) is 4.57. The number of rotatable bonds is 12.